The van der Waals surface area contributed by atoms with Gasteiger partial charge in [0.15, 0.2) is 5.82 Å². The zero-order valence-corrected chi connectivity index (χ0v) is 12.1. The van der Waals surface area contributed by atoms with Crippen LogP contribution in [0, 0.1) is 5.92 Å². The first kappa shape index (κ1) is 14.1. The standard InChI is InChI=1S/C12H20N4O2S/c1-16-5-3-4-8(7-16)6-14-11-9(12(17)18-2)10(13)15-19-11/h8,14H,3-7H2,1-2H3,(H2,13,15). The summed E-state index contributed by atoms with van der Waals surface area (Å²) in [5.41, 5.74) is 6.06. The molecule has 0 aliphatic carbocycles. The monoisotopic (exact) mass is 284 g/mol. The average molecular weight is 284 g/mol. The van der Waals surface area contributed by atoms with Crippen molar-refractivity contribution in [1.29, 1.82) is 0 Å². The highest BCUT2D eigenvalue weighted by Crippen LogP contribution is 2.28. The van der Waals surface area contributed by atoms with Crippen LogP contribution < -0.4 is 11.1 Å². The summed E-state index contributed by atoms with van der Waals surface area (Å²) in [4.78, 5) is 14.0. The Kier molecular flexibility index (Phi) is 4.60. The normalized spacial score (nSPS) is 20.2. The van der Waals surface area contributed by atoms with Crippen LogP contribution in [0.2, 0.25) is 0 Å². The molecule has 3 N–H and O–H groups in total. The van der Waals surface area contributed by atoms with E-state index < -0.39 is 5.97 Å². The van der Waals surface area contributed by atoms with E-state index in [0.717, 1.165) is 19.6 Å². The van der Waals surface area contributed by atoms with Crippen LogP contribution in [0.25, 0.3) is 0 Å². The van der Waals surface area contributed by atoms with Crippen molar-refractivity contribution in [3.05, 3.63) is 5.56 Å². The summed E-state index contributed by atoms with van der Waals surface area (Å²) >= 11 is 1.21. The molecule has 0 amide bonds. The highest BCUT2D eigenvalue weighted by molar-refractivity contribution is 7.11. The Labute approximate surface area is 117 Å². The summed E-state index contributed by atoms with van der Waals surface area (Å²) in [6.07, 6.45) is 2.43. The first-order valence-electron chi connectivity index (χ1n) is 6.37. The van der Waals surface area contributed by atoms with Crippen LogP contribution in [0.5, 0.6) is 0 Å². The van der Waals surface area contributed by atoms with Crippen LogP contribution in [-0.2, 0) is 4.74 Å². The third kappa shape index (κ3) is 3.36. The number of ether oxygens (including phenoxy) is 1. The smallest absolute Gasteiger partial charge is 0.344 e. The van der Waals surface area contributed by atoms with E-state index in [9.17, 15) is 4.79 Å². The Bertz CT molecular complexity index is 449. The van der Waals surface area contributed by atoms with E-state index in [1.54, 1.807) is 0 Å². The van der Waals surface area contributed by atoms with Crippen molar-refractivity contribution in [2.45, 2.75) is 12.8 Å². The Hall–Kier alpha value is -1.34. The van der Waals surface area contributed by atoms with Crippen molar-refractivity contribution in [2.75, 3.05) is 44.8 Å². The van der Waals surface area contributed by atoms with Crippen molar-refractivity contribution in [3.8, 4) is 0 Å². The Morgan fingerprint density at radius 3 is 3.16 bits per heavy atom. The number of nitrogen functional groups attached to an aromatic ring is 1. The summed E-state index contributed by atoms with van der Waals surface area (Å²) in [5.74, 6) is 0.391. The highest BCUT2D eigenvalue weighted by atomic mass is 32.1. The van der Waals surface area contributed by atoms with Gasteiger partial charge in [-0.2, -0.15) is 4.37 Å². The van der Waals surface area contributed by atoms with Crippen molar-refractivity contribution in [2.24, 2.45) is 5.92 Å². The molecule has 0 radical (unpaired) electrons. The van der Waals surface area contributed by atoms with Gasteiger partial charge in [-0.25, -0.2) is 4.79 Å². The SMILES string of the molecule is COC(=O)c1c(N)nsc1NCC1CCCN(C)C1. The molecule has 1 fully saturated rings. The molecular weight excluding hydrogens is 264 g/mol. The fourth-order valence-corrected chi connectivity index (χ4v) is 3.11. The summed E-state index contributed by atoms with van der Waals surface area (Å²) in [6, 6.07) is 0. The van der Waals surface area contributed by atoms with Gasteiger partial charge < -0.3 is 20.7 Å². The molecule has 1 aromatic heterocycles. The number of rotatable bonds is 4. The number of hydrogen-bond acceptors (Lipinski definition) is 7. The van der Waals surface area contributed by atoms with Crippen molar-refractivity contribution in [1.82, 2.24) is 9.27 Å². The van der Waals surface area contributed by atoms with Crippen molar-refractivity contribution in [3.63, 3.8) is 0 Å². The lowest BCUT2D eigenvalue weighted by Gasteiger charge is -2.29. The number of aromatic nitrogens is 1. The first-order valence-corrected chi connectivity index (χ1v) is 7.15. The minimum atomic E-state index is -0.436. The number of piperidine rings is 1. The summed E-state index contributed by atoms with van der Waals surface area (Å²) < 4.78 is 8.73. The number of esters is 1. The maximum atomic E-state index is 11.6. The lowest BCUT2D eigenvalue weighted by Crippen LogP contribution is -2.35. The number of carbonyl (C=O) groups excluding carboxylic acids is 1. The summed E-state index contributed by atoms with van der Waals surface area (Å²) in [7, 11) is 3.48. The second-order valence-corrected chi connectivity index (χ2v) is 5.69. The lowest BCUT2D eigenvalue weighted by atomic mass is 9.98. The molecule has 0 saturated carbocycles. The summed E-state index contributed by atoms with van der Waals surface area (Å²) in [5, 5.41) is 3.99. The van der Waals surface area contributed by atoms with E-state index in [0.29, 0.717) is 16.5 Å². The van der Waals surface area contributed by atoms with Crippen LogP contribution in [0.15, 0.2) is 0 Å². The second kappa shape index (κ2) is 6.21. The molecule has 2 heterocycles. The number of likely N-dealkylation sites (tertiary alicyclic amines) is 1. The number of anilines is 2. The van der Waals surface area contributed by atoms with Gasteiger partial charge in [0.25, 0.3) is 0 Å². The van der Waals surface area contributed by atoms with E-state index in [2.05, 4.69) is 21.6 Å². The average Bonchev–Trinajstić information content (AvgIpc) is 2.77. The van der Waals surface area contributed by atoms with Crippen LogP contribution in [-0.4, -0.2) is 49.0 Å². The molecule has 1 aromatic rings. The highest BCUT2D eigenvalue weighted by Gasteiger charge is 2.22. The lowest BCUT2D eigenvalue weighted by molar-refractivity contribution is 0.0603. The quantitative estimate of drug-likeness (QED) is 0.810. The number of nitrogens with one attached hydrogen (secondary N) is 1. The zero-order valence-electron chi connectivity index (χ0n) is 11.3. The number of hydrogen-bond donors (Lipinski definition) is 2. The molecule has 1 unspecified atom stereocenters. The minimum absolute atomic E-state index is 0.236. The molecule has 6 nitrogen and oxygen atoms in total. The van der Waals surface area contributed by atoms with Gasteiger partial charge in [0.2, 0.25) is 0 Å². The van der Waals surface area contributed by atoms with Gasteiger partial charge in [-0.15, -0.1) is 0 Å². The molecule has 1 aliphatic heterocycles. The minimum Gasteiger partial charge on any atom is -0.465 e. The topological polar surface area (TPSA) is 80.5 Å². The predicted molar refractivity (Wildman–Crippen MR) is 76.6 cm³/mol. The van der Waals surface area contributed by atoms with Crippen LogP contribution in [0.3, 0.4) is 0 Å². The fraction of sp³-hybridized carbons (Fsp3) is 0.667. The third-order valence-electron chi connectivity index (χ3n) is 3.38. The molecule has 1 aliphatic rings. The van der Waals surface area contributed by atoms with Gasteiger partial charge in [0, 0.05) is 13.1 Å². The maximum absolute atomic E-state index is 11.6. The molecular formula is C12H20N4O2S. The molecule has 0 bridgehead atoms. The molecule has 0 aromatic carbocycles. The Morgan fingerprint density at radius 2 is 2.47 bits per heavy atom. The van der Waals surface area contributed by atoms with Crippen molar-refractivity contribution >= 4 is 28.3 Å². The number of methoxy groups -OCH3 is 1. The van der Waals surface area contributed by atoms with Gasteiger partial charge in [0.05, 0.1) is 7.11 Å². The van der Waals surface area contributed by atoms with E-state index >= 15 is 0 Å². The van der Waals surface area contributed by atoms with Gasteiger partial charge in [-0.05, 0) is 43.9 Å². The van der Waals surface area contributed by atoms with Gasteiger partial charge in [-0.3, -0.25) is 0 Å². The number of nitrogens with zero attached hydrogens (tertiary/aromatic N) is 2. The molecule has 106 valence electrons. The van der Waals surface area contributed by atoms with Crippen molar-refractivity contribution < 1.29 is 9.53 Å². The summed E-state index contributed by atoms with van der Waals surface area (Å²) in [6.45, 7) is 3.07. The molecule has 19 heavy (non-hydrogen) atoms. The molecule has 7 heteroatoms. The van der Waals surface area contributed by atoms with Crippen LogP contribution >= 0.6 is 11.5 Å². The van der Waals surface area contributed by atoms with Gasteiger partial charge in [-0.1, -0.05) is 0 Å². The van der Waals surface area contributed by atoms with Gasteiger partial charge in [0.1, 0.15) is 10.6 Å². The number of carbonyl (C=O) groups is 1. The Morgan fingerprint density at radius 1 is 1.68 bits per heavy atom. The van der Waals surface area contributed by atoms with Gasteiger partial charge >= 0.3 is 5.97 Å². The maximum Gasteiger partial charge on any atom is 0.344 e. The molecule has 0 spiro atoms. The Balaban J connectivity index is 1.97. The van der Waals surface area contributed by atoms with E-state index in [1.807, 2.05) is 0 Å². The second-order valence-electron chi connectivity index (χ2n) is 4.91. The largest absolute Gasteiger partial charge is 0.465 e. The van der Waals surface area contributed by atoms with E-state index in [4.69, 9.17) is 10.5 Å². The molecule has 1 atom stereocenters. The third-order valence-corrected chi connectivity index (χ3v) is 4.20. The van der Waals surface area contributed by atoms with Crippen LogP contribution in [0.4, 0.5) is 10.8 Å². The van der Waals surface area contributed by atoms with E-state index in [-0.39, 0.29) is 5.82 Å². The zero-order chi connectivity index (χ0) is 13.8. The fourth-order valence-electron chi connectivity index (χ4n) is 2.40. The van der Waals surface area contributed by atoms with Crippen LogP contribution in [0.1, 0.15) is 23.2 Å². The number of nitrogens with two attached hydrogens (primary N) is 1. The predicted octanol–water partition coefficient (Wildman–Crippen LogP) is 1.27. The first-order chi connectivity index (χ1) is 9.11. The molecule has 1 saturated heterocycles. The molecule has 2 rings (SSSR count). The van der Waals surface area contributed by atoms with E-state index in [1.165, 1.54) is 31.5 Å².